The van der Waals surface area contributed by atoms with Gasteiger partial charge in [-0.2, -0.15) is 0 Å². The zero-order valence-electron chi connectivity index (χ0n) is 15.4. The maximum absolute atomic E-state index is 11.3. The summed E-state index contributed by atoms with van der Waals surface area (Å²) in [7, 11) is -2.96. The monoisotopic (exact) mass is 382 g/mol. The molecule has 140 valence electrons. The van der Waals surface area contributed by atoms with Gasteiger partial charge in [0.15, 0.2) is 5.82 Å². The van der Waals surface area contributed by atoms with Gasteiger partial charge in [-0.3, -0.25) is 4.98 Å². The van der Waals surface area contributed by atoms with E-state index in [0.29, 0.717) is 12.2 Å². The van der Waals surface area contributed by atoms with Gasteiger partial charge in [0.2, 0.25) is 0 Å². The number of nitrogens with one attached hydrogen (secondary N) is 1. The molecule has 0 fully saturated rings. The zero-order valence-corrected chi connectivity index (χ0v) is 16.2. The molecule has 0 bridgehead atoms. The van der Waals surface area contributed by atoms with Crippen molar-refractivity contribution in [2.45, 2.75) is 19.8 Å². The van der Waals surface area contributed by atoms with Crippen molar-refractivity contribution < 1.29 is 8.42 Å². The van der Waals surface area contributed by atoms with Crippen LogP contribution in [-0.2, 0) is 22.7 Å². The van der Waals surface area contributed by atoms with Crippen LogP contribution in [0.15, 0.2) is 54.9 Å². The molecule has 27 heavy (non-hydrogen) atoms. The van der Waals surface area contributed by atoms with Gasteiger partial charge in [-0.1, -0.05) is 19.1 Å². The Morgan fingerprint density at radius 2 is 1.70 bits per heavy atom. The van der Waals surface area contributed by atoms with E-state index >= 15 is 0 Å². The Bertz CT molecular complexity index is 1000. The molecule has 0 atom stereocenters. The van der Waals surface area contributed by atoms with E-state index in [-0.39, 0.29) is 5.75 Å². The van der Waals surface area contributed by atoms with Crippen LogP contribution in [0.2, 0.25) is 0 Å². The number of benzene rings is 1. The van der Waals surface area contributed by atoms with Gasteiger partial charge in [0.1, 0.15) is 15.7 Å². The number of nitrogens with zero attached hydrogens (tertiary/aromatic N) is 3. The van der Waals surface area contributed by atoms with Crippen LogP contribution >= 0.6 is 0 Å². The molecule has 0 aliphatic carbocycles. The number of hydrogen-bond acceptors (Lipinski definition) is 6. The van der Waals surface area contributed by atoms with Crippen LogP contribution in [0.25, 0.3) is 11.4 Å². The van der Waals surface area contributed by atoms with Gasteiger partial charge in [0.25, 0.3) is 0 Å². The fourth-order valence-electron chi connectivity index (χ4n) is 2.58. The van der Waals surface area contributed by atoms with Gasteiger partial charge in [0.05, 0.1) is 5.75 Å². The number of aromatic nitrogens is 3. The van der Waals surface area contributed by atoms with Crippen LogP contribution < -0.4 is 5.32 Å². The summed E-state index contributed by atoms with van der Waals surface area (Å²) >= 11 is 0. The third-order valence-corrected chi connectivity index (χ3v) is 5.01. The van der Waals surface area contributed by atoms with Gasteiger partial charge in [0, 0.05) is 41.7 Å². The van der Waals surface area contributed by atoms with Gasteiger partial charge in [-0.15, -0.1) is 0 Å². The molecule has 0 radical (unpaired) electrons. The first kappa shape index (κ1) is 19.0. The standard InChI is InChI=1S/C20H22N4O2S/c1-3-17-14-19(24-20(23-17)16-8-11-21-12-9-16)22-18-6-4-15(5-7-18)10-13-27(2,25)26/h4-9,11-12,14H,3,10,13H2,1-2H3,(H,22,23,24). The minimum Gasteiger partial charge on any atom is -0.340 e. The Hall–Kier alpha value is -2.80. The van der Waals surface area contributed by atoms with E-state index in [9.17, 15) is 8.42 Å². The number of sulfone groups is 1. The fraction of sp³-hybridized carbons (Fsp3) is 0.250. The molecule has 0 aliphatic heterocycles. The van der Waals surface area contributed by atoms with E-state index in [1.165, 1.54) is 6.26 Å². The van der Waals surface area contributed by atoms with Crippen LogP contribution in [0.5, 0.6) is 0 Å². The molecule has 0 saturated carbocycles. The Morgan fingerprint density at radius 1 is 1.00 bits per heavy atom. The third-order valence-electron chi connectivity index (χ3n) is 4.07. The second kappa shape index (κ2) is 8.26. The lowest BCUT2D eigenvalue weighted by Crippen LogP contribution is -2.05. The van der Waals surface area contributed by atoms with Crippen LogP contribution in [0, 0.1) is 0 Å². The van der Waals surface area contributed by atoms with E-state index < -0.39 is 9.84 Å². The molecule has 0 aliphatic rings. The highest BCUT2D eigenvalue weighted by Crippen LogP contribution is 2.21. The number of anilines is 2. The van der Waals surface area contributed by atoms with Crippen molar-refractivity contribution in [2.24, 2.45) is 0 Å². The van der Waals surface area contributed by atoms with E-state index in [4.69, 9.17) is 0 Å². The molecule has 3 rings (SSSR count). The molecule has 1 aromatic carbocycles. The summed E-state index contributed by atoms with van der Waals surface area (Å²) < 4.78 is 22.6. The van der Waals surface area contributed by atoms with Crippen LogP contribution in [0.3, 0.4) is 0 Å². The van der Waals surface area contributed by atoms with Crippen molar-refractivity contribution in [3.05, 3.63) is 66.1 Å². The minimum absolute atomic E-state index is 0.154. The maximum atomic E-state index is 11.3. The van der Waals surface area contributed by atoms with Crippen molar-refractivity contribution in [3.63, 3.8) is 0 Å². The van der Waals surface area contributed by atoms with Crippen molar-refractivity contribution in [1.29, 1.82) is 0 Å². The van der Waals surface area contributed by atoms with Crippen LogP contribution in [0.1, 0.15) is 18.2 Å². The summed E-state index contributed by atoms with van der Waals surface area (Å²) in [4.78, 5) is 13.2. The predicted molar refractivity (Wildman–Crippen MR) is 108 cm³/mol. The molecular weight excluding hydrogens is 360 g/mol. The van der Waals surface area contributed by atoms with Crippen LogP contribution in [-0.4, -0.2) is 35.4 Å². The predicted octanol–water partition coefficient (Wildman–Crippen LogP) is 3.43. The Morgan fingerprint density at radius 3 is 2.33 bits per heavy atom. The average Bonchev–Trinajstić information content (AvgIpc) is 2.67. The first-order chi connectivity index (χ1) is 12.9. The van der Waals surface area contributed by atoms with E-state index in [1.54, 1.807) is 12.4 Å². The topological polar surface area (TPSA) is 84.8 Å². The lowest BCUT2D eigenvalue weighted by molar-refractivity contribution is 0.601. The molecule has 0 spiro atoms. The maximum Gasteiger partial charge on any atom is 0.161 e. The number of pyridine rings is 1. The molecule has 2 heterocycles. The highest BCUT2D eigenvalue weighted by molar-refractivity contribution is 7.90. The summed E-state index contributed by atoms with van der Waals surface area (Å²) in [5, 5.41) is 3.30. The lowest BCUT2D eigenvalue weighted by Gasteiger charge is -2.10. The SMILES string of the molecule is CCc1cc(Nc2ccc(CCS(C)(=O)=O)cc2)nc(-c2ccncc2)n1. The summed E-state index contributed by atoms with van der Waals surface area (Å²) in [6, 6.07) is 13.4. The normalized spacial score (nSPS) is 11.3. The van der Waals surface area contributed by atoms with E-state index in [0.717, 1.165) is 34.7 Å². The number of aryl methyl sites for hydroxylation is 2. The van der Waals surface area contributed by atoms with Crippen molar-refractivity contribution >= 4 is 21.3 Å². The van der Waals surface area contributed by atoms with Gasteiger partial charge < -0.3 is 5.32 Å². The summed E-state index contributed by atoms with van der Waals surface area (Å²) in [5.74, 6) is 1.53. The Kier molecular flexibility index (Phi) is 5.81. The van der Waals surface area contributed by atoms with Crippen molar-refractivity contribution in [3.8, 4) is 11.4 Å². The van der Waals surface area contributed by atoms with E-state index in [1.807, 2.05) is 42.5 Å². The number of hydrogen-bond donors (Lipinski definition) is 1. The molecular formula is C20H22N4O2S. The Balaban J connectivity index is 1.79. The smallest absolute Gasteiger partial charge is 0.161 e. The molecule has 0 unspecified atom stereocenters. The molecule has 3 aromatic rings. The first-order valence-electron chi connectivity index (χ1n) is 8.75. The third kappa shape index (κ3) is 5.59. The quantitative estimate of drug-likeness (QED) is 0.674. The zero-order chi connectivity index (χ0) is 19.3. The minimum atomic E-state index is -2.96. The summed E-state index contributed by atoms with van der Waals surface area (Å²) in [5.41, 5.74) is 3.74. The highest BCUT2D eigenvalue weighted by Gasteiger charge is 2.07. The highest BCUT2D eigenvalue weighted by atomic mass is 32.2. The lowest BCUT2D eigenvalue weighted by atomic mass is 10.1. The number of rotatable bonds is 7. The van der Waals surface area contributed by atoms with Gasteiger partial charge in [-0.25, -0.2) is 18.4 Å². The van der Waals surface area contributed by atoms with E-state index in [2.05, 4.69) is 27.2 Å². The first-order valence-corrected chi connectivity index (χ1v) is 10.8. The van der Waals surface area contributed by atoms with Crippen molar-refractivity contribution in [1.82, 2.24) is 15.0 Å². The molecule has 2 aromatic heterocycles. The average molecular weight is 382 g/mol. The second-order valence-corrected chi connectivity index (χ2v) is 8.62. The molecule has 0 amide bonds. The second-order valence-electron chi connectivity index (χ2n) is 6.36. The van der Waals surface area contributed by atoms with Gasteiger partial charge in [-0.05, 0) is 42.7 Å². The molecule has 6 nitrogen and oxygen atoms in total. The molecule has 1 N–H and O–H groups in total. The fourth-order valence-corrected chi connectivity index (χ4v) is 3.19. The van der Waals surface area contributed by atoms with Crippen molar-refractivity contribution in [2.75, 3.05) is 17.3 Å². The Labute approximate surface area is 159 Å². The summed E-state index contributed by atoms with van der Waals surface area (Å²) in [6.07, 6.45) is 6.02. The van der Waals surface area contributed by atoms with Gasteiger partial charge >= 0.3 is 0 Å². The molecule has 0 saturated heterocycles. The largest absolute Gasteiger partial charge is 0.340 e. The molecule has 7 heteroatoms. The van der Waals surface area contributed by atoms with Crippen LogP contribution in [0.4, 0.5) is 11.5 Å². The summed E-state index contributed by atoms with van der Waals surface area (Å²) in [6.45, 7) is 2.05.